The highest BCUT2D eigenvalue weighted by Crippen LogP contribution is 2.29. The fraction of sp³-hybridized carbons (Fsp3) is 0.300. The zero-order chi connectivity index (χ0) is 9.42. The normalized spacial score (nSPS) is 15.1. The third-order valence-corrected chi connectivity index (χ3v) is 2.77. The van der Waals surface area contributed by atoms with Crippen molar-refractivity contribution < 1.29 is 4.79 Å². The number of fused-ring (bicyclic) bond motifs is 1. The second-order valence-electron chi connectivity index (χ2n) is 3.30. The zero-order valence-electron chi connectivity index (χ0n) is 7.36. The van der Waals surface area contributed by atoms with Gasteiger partial charge in [0, 0.05) is 16.6 Å². The van der Waals surface area contributed by atoms with Gasteiger partial charge < -0.3 is 5.32 Å². The van der Waals surface area contributed by atoms with E-state index in [0.29, 0.717) is 6.42 Å². The molecule has 1 aromatic rings. The number of hydrogen-bond donors (Lipinski definition) is 1. The fourth-order valence-corrected chi connectivity index (χ4v) is 2.24. The van der Waals surface area contributed by atoms with Crippen LogP contribution in [0.1, 0.15) is 17.5 Å². The molecule has 2 nitrogen and oxygen atoms in total. The van der Waals surface area contributed by atoms with Crippen molar-refractivity contribution in [2.45, 2.75) is 19.8 Å². The second kappa shape index (κ2) is 3.14. The molecule has 0 atom stereocenters. The number of amides is 1. The van der Waals surface area contributed by atoms with Crippen LogP contribution in [0.5, 0.6) is 0 Å². The van der Waals surface area contributed by atoms with E-state index in [1.165, 1.54) is 11.1 Å². The third kappa shape index (κ3) is 1.61. The molecule has 0 saturated carbocycles. The quantitative estimate of drug-likeness (QED) is 0.742. The van der Waals surface area contributed by atoms with Crippen molar-refractivity contribution in [3.63, 3.8) is 0 Å². The molecule has 1 heterocycles. The number of anilines is 1. The van der Waals surface area contributed by atoms with E-state index in [9.17, 15) is 4.79 Å². The monoisotopic (exact) mass is 239 g/mol. The Balaban J connectivity index is 2.53. The van der Waals surface area contributed by atoms with Crippen molar-refractivity contribution in [1.29, 1.82) is 0 Å². The summed E-state index contributed by atoms with van der Waals surface area (Å²) in [6.07, 6.45) is 1.47. The Morgan fingerprint density at radius 2 is 2.15 bits per heavy atom. The smallest absolute Gasteiger partial charge is 0.224 e. The van der Waals surface area contributed by atoms with Gasteiger partial charge in [-0.05, 0) is 36.6 Å². The SMILES string of the molecule is Cc1cc(Br)cc2c1CCC(=O)N2. The summed E-state index contributed by atoms with van der Waals surface area (Å²) in [5.74, 6) is 0.116. The molecular weight excluding hydrogens is 230 g/mol. The first-order chi connectivity index (χ1) is 6.16. The number of carbonyl (C=O) groups is 1. The molecule has 1 amide bonds. The summed E-state index contributed by atoms with van der Waals surface area (Å²) in [5.41, 5.74) is 3.47. The van der Waals surface area contributed by atoms with E-state index in [1.807, 2.05) is 6.07 Å². The molecular formula is C10H10BrNO. The molecule has 2 rings (SSSR count). The van der Waals surface area contributed by atoms with E-state index >= 15 is 0 Å². The lowest BCUT2D eigenvalue weighted by atomic mass is 9.98. The first kappa shape index (κ1) is 8.75. The molecule has 13 heavy (non-hydrogen) atoms. The first-order valence-corrected chi connectivity index (χ1v) is 5.05. The van der Waals surface area contributed by atoms with Crippen LogP contribution in [0, 0.1) is 6.92 Å². The second-order valence-corrected chi connectivity index (χ2v) is 4.21. The maximum Gasteiger partial charge on any atom is 0.224 e. The topological polar surface area (TPSA) is 29.1 Å². The molecule has 1 N–H and O–H groups in total. The number of halogens is 1. The molecule has 3 heteroatoms. The van der Waals surface area contributed by atoms with Gasteiger partial charge in [0.05, 0.1) is 0 Å². The highest BCUT2D eigenvalue weighted by Gasteiger charge is 2.16. The van der Waals surface area contributed by atoms with Gasteiger partial charge in [-0.1, -0.05) is 15.9 Å². The molecule has 0 saturated heterocycles. The summed E-state index contributed by atoms with van der Waals surface area (Å²) in [5, 5.41) is 2.87. The Bertz CT molecular complexity index is 373. The van der Waals surface area contributed by atoms with Gasteiger partial charge in [0.1, 0.15) is 0 Å². The maximum absolute atomic E-state index is 11.1. The van der Waals surface area contributed by atoms with Gasteiger partial charge in [-0.2, -0.15) is 0 Å². The number of benzene rings is 1. The Hall–Kier alpha value is -0.830. The van der Waals surface area contributed by atoms with Crippen molar-refractivity contribution in [3.8, 4) is 0 Å². The van der Waals surface area contributed by atoms with E-state index in [0.717, 1.165) is 16.6 Å². The third-order valence-electron chi connectivity index (χ3n) is 2.31. The van der Waals surface area contributed by atoms with Crippen molar-refractivity contribution in [2.75, 3.05) is 5.32 Å². The van der Waals surface area contributed by atoms with Crippen molar-refractivity contribution in [1.82, 2.24) is 0 Å². The van der Waals surface area contributed by atoms with Crippen LogP contribution in [0.4, 0.5) is 5.69 Å². The van der Waals surface area contributed by atoms with Gasteiger partial charge in [-0.25, -0.2) is 0 Å². The minimum atomic E-state index is 0.116. The molecule has 0 aromatic heterocycles. The maximum atomic E-state index is 11.1. The molecule has 68 valence electrons. The predicted octanol–water partition coefficient (Wildman–Crippen LogP) is 2.64. The zero-order valence-corrected chi connectivity index (χ0v) is 8.94. The van der Waals surface area contributed by atoms with Crippen LogP contribution in [0.2, 0.25) is 0 Å². The lowest BCUT2D eigenvalue weighted by molar-refractivity contribution is -0.116. The number of hydrogen-bond acceptors (Lipinski definition) is 1. The number of nitrogens with one attached hydrogen (secondary N) is 1. The van der Waals surface area contributed by atoms with Crippen molar-refractivity contribution in [3.05, 3.63) is 27.7 Å². The summed E-state index contributed by atoms with van der Waals surface area (Å²) < 4.78 is 1.02. The highest BCUT2D eigenvalue weighted by molar-refractivity contribution is 9.10. The van der Waals surface area contributed by atoms with Crippen LogP contribution in [-0.2, 0) is 11.2 Å². The Morgan fingerprint density at radius 1 is 1.38 bits per heavy atom. The average molecular weight is 240 g/mol. The number of carbonyl (C=O) groups excluding carboxylic acids is 1. The summed E-state index contributed by atoms with van der Waals surface area (Å²) >= 11 is 3.41. The molecule has 0 aliphatic carbocycles. The van der Waals surface area contributed by atoms with E-state index in [2.05, 4.69) is 34.2 Å². The van der Waals surface area contributed by atoms with Crippen LogP contribution < -0.4 is 5.32 Å². The van der Waals surface area contributed by atoms with E-state index < -0.39 is 0 Å². The standard InChI is InChI=1S/C10H10BrNO/c1-6-4-7(11)5-9-8(6)2-3-10(13)12-9/h4-5H,2-3H2,1H3,(H,12,13). The predicted molar refractivity (Wildman–Crippen MR) is 55.8 cm³/mol. The van der Waals surface area contributed by atoms with Crippen molar-refractivity contribution >= 4 is 27.5 Å². The first-order valence-electron chi connectivity index (χ1n) is 4.25. The highest BCUT2D eigenvalue weighted by atomic mass is 79.9. The summed E-state index contributed by atoms with van der Waals surface area (Å²) in [6.45, 7) is 2.07. The molecule has 1 aliphatic rings. The fourth-order valence-electron chi connectivity index (χ4n) is 1.67. The van der Waals surface area contributed by atoms with Gasteiger partial charge in [-0.15, -0.1) is 0 Å². The molecule has 0 unspecified atom stereocenters. The van der Waals surface area contributed by atoms with E-state index in [1.54, 1.807) is 0 Å². The minimum Gasteiger partial charge on any atom is -0.326 e. The Labute approximate surface area is 85.5 Å². The molecule has 1 aromatic carbocycles. The number of aryl methyl sites for hydroxylation is 1. The van der Waals surface area contributed by atoms with Gasteiger partial charge >= 0.3 is 0 Å². The van der Waals surface area contributed by atoms with Crippen LogP contribution in [0.25, 0.3) is 0 Å². The van der Waals surface area contributed by atoms with Crippen LogP contribution in [0.3, 0.4) is 0 Å². The average Bonchev–Trinajstić information content (AvgIpc) is 2.02. The lowest BCUT2D eigenvalue weighted by Gasteiger charge is -2.18. The summed E-state index contributed by atoms with van der Waals surface area (Å²) in [7, 11) is 0. The molecule has 0 spiro atoms. The van der Waals surface area contributed by atoms with Crippen LogP contribution >= 0.6 is 15.9 Å². The van der Waals surface area contributed by atoms with Gasteiger partial charge in [0.2, 0.25) is 5.91 Å². The largest absolute Gasteiger partial charge is 0.326 e. The van der Waals surface area contributed by atoms with E-state index in [-0.39, 0.29) is 5.91 Å². The van der Waals surface area contributed by atoms with E-state index in [4.69, 9.17) is 0 Å². The summed E-state index contributed by atoms with van der Waals surface area (Å²) in [6, 6.07) is 4.04. The number of rotatable bonds is 0. The molecule has 0 bridgehead atoms. The molecule has 0 fully saturated rings. The van der Waals surface area contributed by atoms with Crippen molar-refractivity contribution in [2.24, 2.45) is 0 Å². The van der Waals surface area contributed by atoms with Gasteiger partial charge in [0.25, 0.3) is 0 Å². The molecule has 0 radical (unpaired) electrons. The minimum absolute atomic E-state index is 0.116. The molecule has 1 aliphatic heterocycles. The van der Waals surface area contributed by atoms with Gasteiger partial charge in [0.15, 0.2) is 0 Å². The van der Waals surface area contributed by atoms with Crippen LogP contribution in [0.15, 0.2) is 16.6 Å². The van der Waals surface area contributed by atoms with Gasteiger partial charge in [-0.3, -0.25) is 4.79 Å². The van der Waals surface area contributed by atoms with Crippen LogP contribution in [-0.4, -0.2) is 5.91 Å². The lowest BCUT2D eigenvalue weighted by Crippen LogP contribution is -2.19. The summed E-state index contributed by atoms with van der Waals surface area (Å²) in [4.78, 5) is 11.1. The Kier molecular flexibility index (Phi) is 2.12. The Morgan fingerprint density at radius 3 is 2.92 bits per heavy atom.